The van der Waals surface area contributed by atoms with E-state index in [0.717, 1.165) is 25.7 Å². The molecule has 0 saturated carbocycles. The van der Waals surface area contributed by atoms with Crippen LogP contribution in [0.25, 0.3) is 0 Å². The first-order chi connectivity index (χ1) is 4.83. The van der Waals surface area contributed by atoms with Crippen LogP contribution in [0.5, 0.6) is 0 Å². The average molecular weight is 143 g/mol. The van der Waals surface area contributed by atoms with E-state index in [9.17, 15) is 0 Å². The zero-order valence-electron chi connectivity index (χ0n) is 6.68. The van der Waals surface area contributed by atoms with E-state index in [0.29, 0.717) is 5.92 Å². The highest BCUT2D eigenvalue weighted by Crippen LogP contribution is 2.20. The van der Waals surface area contributed by atoms with Gasteiger partial charge in [-0.25, -0.2) is 0 Å². The highest BCUT2D eigenvalue weighted by atomic mass is 16.5. The van der Waals surface area contributed by atoms with Gasteiger partial charge in [0, 0.05) is 13.2 Å². The molecule has 2 N–H and O–H groups in total. The van der Waals surface area contributed by atoms with Gasteiger partial charge in [0.25, 0.3) is 0 Å². The molecular weight excluding hydrogens is 126 g/mol. The first-order valence-corrected chi connectivity index (χ1v) is 4.10. The predicted octanol–water partition coefficient (Wildman–Crippen LogP) is 1.01. The highest BCUT2D eigenvalue weighted by Gasteiger charge is 2.17. The summed E-state index contributed by atoms with van der Waals surface area (Å²) in [5.74, 6) is 1.46. The van der Waals surface area contributed by atoms with Crippen LogP contribution in [0.3, 0.4) is 0 Å². The van der Waals surface area contributed by atoms with E-state index in [-0.39, 0.29) is 0 Å². The van der Waals surface area contributed by atoms with Crippen molar-refractivity contribution in [3.05, 3.63) is 0 Å². The molecule has 1 aliphatic heterocycles. The largest absolute Gasteiger partial charge is 0.381 e. The lowest BCUT2D eigenvalue weighted by Gasteiger charge is -2.11. The quantitative estimate of drug-likeness (QED) is 0.640. The molecular formula is C8H17NO. The third-order valence-corrected chi connectivity index (χ3v) is 2.16. The van der Waals surface area contributed by atoms with Gasteiger partial charge >= 0.3 is 0 Å². The van der Waals surface area contributed by atoms with Crippen LogP contribution in [-0.2, 0) is 4.74 Å². The first kappa shape index (κ1) is 8.02. The second-order valence-corrected chi connectivity index (χ2v) is 3.31. The number of nitrogens with two attached hydrogens (primary N) is 1. The Bertz CT molecular complexity index is 89.3. The van der Waals surface area contributed by atoms with Crippen molar-refractivity contribution >= 4 is 0 Å². The second-order valence-electron chi connectivity index (χ2n) is 3.31. The Balaban J connectivity index is 2.11. The molecule has 0 amide bonds. The van der Waals surface area contributed by atoms with Crippen LogP contribution >= 0.6 is 0 Å². The summed E-state index contributed by atoms with van der Waals surface area (Å²) in [6.45, 7) is 4.95. The van der Waals surface area contributed by atoms with E-state index >= 15 is 0 Å². The first-order valence-electron chi connectivity index (χ1n) is 4.10. The Morgan fingerprint density at radius 3 is 3.00 bits per heavy atom. The summed E-state index contributed by atoms with van der Waals surface area (Å²) in [6.07, 6.45) is 2.49. The zero-order valence-corrected chi connectivity index (χ0v) is 6.68. The molecule has 10 heavy (non-hydrogen) atoms. The van der Waals surface area contributed by atoms with Crippen molar-refractivity contribution < 1.29 is 4.74 Å². The standard InChI is InChI=1S/C8H17NO/c1-7(5-9)4-8-2-3-10-6-8/h7-8H,2-6,9H2,1H3/t7-,8?/m1/s1. The summed E-state index contributed by atoms with van der Waals surface area (Å²) >= 11 is 0. The summed E-state index contributed by atoms with van der Waals surface area (Å²) in [7, 11) is 0. The van der Waals surface area contributed by atoms with Crippen LogP contribution in [0.1, 0.15) is 19.8 Å². The molecule has 1 fully saturated rings. The maximum atomic E-state index is 5.51. The molecule has 0 aromatic rings. The lowest BCUT2D eigenvalue weighted by Crippen LogP contribution is -2.15. The minimum Gasteiger partial charge on any atom is -0.381 e. The van der Waals surface area contributed by atoms with E-state index in [1.807, 2.05) is 0 Å². The highest BCUT2D eigenvalue weighted by molar-refractivity contribution is 4.67. The molecule has 0 bridgehead atoms. The lowest BCUT2D eigenvalue weighted by molar-refractivity contribution is 0.181. The Labute approximate surface area is 62.7 Å². The van der Waals surface area contributed by atoms with Crippen LogP contribution < -0.4 is 5.73 Å². The van der Waals surface area contributed by atoms with E-state index in [1.54, 1.807) is 0 Å². The third-order valence-electron chi connectivity index (χ3n) is 2.16. The van der Waals surface area contributed by atoms with Crippen LogP contribution in [-0.4, -0.2) is 19.8 Å². The molecule has 1 saturated heterocycles. The molecule has 2 nitrogen and oxygen atoms in total. The van der Waals surface area contributed by atoms with Gasteiger partial charge in [-0.1, -0.05) is 6.92 Å². The van der Waals surface area contributed by atoms with Gasteiger partial charge in [0.2, 0.25) is 0 Å². The molecule has 0 aliphatic carbocycles. The lowest BCUT2D eigenvalue weighted by atomic mass is 9.95. The van der Waals surface area contributed by atoms with Crippen molar-refractivity contribution in [1.29, 1.82) is 0 Å². The molecule has 1 aliphatic rings. The number of hydrogen-bond acceptors (Lipinski definition) is 2. The fourth-order valence-corrected chi connectivity index (χ4v) is 1.43. The minimum atomic E-state index is 0.673. The Kier molecular flexibility index (Phi) is 3.16. The van der Waals surface area contributed by atoms with Gasteiger partial charge in [-0.3, -0.25) is 0 Å². The fourth-order valence-electron chi connectivity index (χ4n) is 1.43. The summed E-state index contributed by atoms with van der Waals surface area (Å²) in [5, 5.41) is 0. The molecule has 2 heteroatoms. The number of ether oxygens (including phenoxy) is 1. The predicted molar refractivity (Wildman–Crippen MR) is 41.8 cm³/mol. The summed E-state index contributed by atoms with van der Waals surface area (Å²) < 4.78 is 5.26. The molecule has 0 aromatic heterocycles. The molecule has 2 atom stereocenters. The van der Waals surface area contributed by atoms with Gasteiger partial charge in [0.1, 0.15) is 0 Å². The van der Waals surface area contributed by atoms with Gasteiger partial charge in [-0.15, -0.1) is 0 Å². The van der Waals surface area contributed by atoms with Crippen molar-refractivity contribution in [3.63, 3.8) is 0 Å². The van der Waals surface area contributed by atoms with Crippen molar-refractivity contribution in [3.8, 4) is 0 Å². The Hall–Kier alpha value is -0.0800. The normalized spacial score (nSPS) is 28.8. The minimum absolute atomic E-state index is 0.673. The molecule has 60 valence electrons. The van der Waals surface area contributed by atoms with E-state index < -0.39 is 0 Å². The molecule has 0 aromatic carbocycles. The zero-order chi connectivity index (χ0) is 7.40. The van der Waals surface area contributed by atoms with Crippen LogP contribution in [0.2, 0.25) is 0 Å². The van der Waals surface area contributed by atoms with Gasteiger partial charge in [-0.05, 0) is 31.2 Å². The maximum absolute atomic E-state index is 5.51. The number of hydrogen-bond donors (Lipinski definition) is 1. The Morgan fingerprint density at radius 2 is 2.50 bits per heavy atom. The molecule has 0 spiro atoms. The summed E-state index contributed by atoms with van der Waals surface area (Å²) in [4.78, 5) is 0. The Morgan fingerprint density at radius 1 is 1.70 bits per heavy atom. The molecule has 1 rings (SSSR count). The van der Waals surface area contributed by atoms with E-state index in [1.165, 1.54) is 12.8 Å². The van der Waals surface area contributed by atoms with Gasteiger partial charge in [0.15, 0.2) is 0 Å². The molecule has 1 heterocycles. The summed E-state index contributed by atoms with van der Waals surface area (Å²) in [6, 6.07) is 0. The smallest absolute Gasteiger partial charge is 0.0495 e. The third kappa shape index (κ3) is 2.27. The summed E-state index contributed by atoms with van der Waals surface area (Å²) in [5.41, 5.74) is 5.51. The molecule has 0 radical (unpaired) electrons. The maximum Gasteiger partial charge on any atom is 0.0495 e. The average Bonchev–Trinajstić information content (AvgIpc) is 2.40. The van der Waals surface area contributed by atoms with Crippen molar-refractivity contribution in [2.75, 3.05) is 19.8 Å². The molecule has 1 unspecified atom stereocenters. The van der Waals surface area contributed by atoms with Gasteiger partial charge < -0.3 is 10.5 Å². The van der Waals surface area contributed by atoms with E-state index in [4.69, 9.17) is 10.5 Å². The van der Waals surface area contributed by atoms with Crippen LogP contribution in [0, 0.1) is 11.8 Å². The number of rotatable bonds is 3. The topological polar surface area (TPSA) is 35.2 Å². The van der Waals surface area contributed by atoms with Crippen molar-refractivity contribution in [1.82, 2.24) is 0 Å². The van der Waals surface area contributed by atoms with Crippen molar-refractivity contribution in [2.24, 2.45) is 17.6 Å². The van der Waals surface area contributed by atoms with Crippen LogP contribution in [0.15, 0.2) is 0 Å². The van der Waals surface area contributed by atoms with Gasteiger partial charge in [0.05, 0.1) is 0 Å². The monoisotopic (exact) mass is 143 g/mol. The fraction of sp³-hybridized carbons (Fsp3) is 1.00. The second kappa shape index (κ2) is 3.94. The van der Waals surface area contributed by atoms with Crippen molar-refractivity contribution in [2.45, 2.75) is 19.8 Å². The SMILES string of the molecule is C[C@@H](CN)CC1CCOC1. The van der Waals surface area contributed by atoms with E-state index in [2.05, 4.69) is 6.92 Å². The van der Waals surface area contributed by atoms with Crippen LogP contribution in [0.4, 0.5) is 0 Å². The van der Waals surface area contributed by atoms with Gasteiger partial charge in [-0.2, -0.15) is 0 Å².